The van der Waals surface area contributed by atoms with Gasteiger partial charge in [-0.05, 0) is 31.9 Å². The molecule has 0 bridgehead atoms. The monoisotopic (exact) mass is 201 g/mol. The van der Waals surface area contributed by atoms with Gasteiger partial charge in [-0.25, -0.2) is 0 Å². The first-order chi connectivity index (χ1) is 7.09. The first kappa shape index (κ1) is 11.6. The Bertz CT molecular complexity index is 350. The molecule has 80 valence electrons. The van der Waals surface area contributed by atoms with Crippen LogP contribution >= 0.6 is 0 Å². The summed E-state index contributed by atoms with van der Waals surface area (Å²) in [5.74, 6) is 0. The van der Waals surface area contributed by atoms with Crippen molar-refractivity contribution in [2.75, 3.05) is 5.32 Å². The average Bonchev–Trinajstić information content (AvgIpc) is 2.21. The quantitative estimate of drug-likeness (QED) is 0.715. The van der Waals surface area contributed by atoms with Crippen molar-refractivity contribution in [3.8, 4) is 0 Å². The summed E-state index contributed by atoms with van der Waals surface area (Å²) in [4.78, 5) is 0. The van der Waals surface area contributed by atoms with Crippen LogP contribution in [-0.2, 0) is 6.42 Å². The fourth-order valence-corrected chi connectivity index (χ4v) is 1.37. The lowest BCUT2D eigenvalue weighted by Crippen LogP contribution is -2.28. The molecule has 0 unspecified atom stereocenters. The second-order valence-electron chi connectivity index (χ2n) is 4.20. The number of hydrogen-bond donors (Lipinski definition) is 1. The number of nitrogens with one attached hydrogen (secondary N) is 1. The minimum absolute atomic E-state index is 0.0860. The predicted molar refractivity (Wildman–Crippen MR) is 68.2 cm³/mol. The molecule has 1 nitrogen and oxygen atoms in total. The summed E-state index contributed by atoms with van der Waals surface area (Å²) in [5.41, 5.74) is 2.34. The molecule has 0 heterocycles. The topological polar surface area (TPSA) is 12.0 Å². The second-order valence-corrected chi connectivity index (χ2v) is 4.20. The number of rotatable bonds is 5. The summed E-state index contributed by atoms with van der Waals surface area (Å²) in [6, 6.07) is 8.28. The zero-order valence-electron chi connectivity index (χ0n) is 9.59. The van der Waals surface area contributed by atoms with E-state index in [1.165, 1.54) is 5.56 Å². The van der Waals surface area contributed by atoms with E-state index in [1.54, 1.807) is 0 Å². The van der Waals surface area contributed by atoms with E-state index in [0.717, 1.165) is 12.1 Å². The molecule has 0 atom stereocenters. The van der Waals surface area contributed by atoms with Crippen LogP contribution in [0.15, 0.2) is 49.6 Å². The summed E-state index contributed by atoms with van der Waals surface area (Å²) in [5, 5.41) is 3.46. The molecule has 1 rings (SSSR count). The largest absolute Gasteiger partial charge is 0.376 e. The molecule has 0 saturated heterocycles. The molecule has 1 N–H and O–H groups in total. The lowest BCUT2D eigenvalue weighted by molar-refractivity contribution is 0.713. The van der Waals surface area contributed by atoms with Gasteiger partial charge in [0.1, 0.15) is 0 Å². The first-order valence-electron chi connectivity index (χ1n) is 5.19. The highest BCUT2D eigenvalue weighted by molar-refractivity contribution is 5.54. The number of para-hydroxylation sites is 1. The maximum atomic E-state index is 3.82. The number of benzene rings is 1. The van der Waals surface area contributed by atoms with Gasteiger partial charge in [0, 0.05) is 11.2 Å². The summed E-state index contributed by atoms with van der Waals surface area (Å²) < 4.78 is 0. The normalized spacial score (nSPS) is 10.8. The van der Waals surface area contributed by atoms with Crippen LogP contribution in [0.5, 0.6) is 0 Å². The predicted octanol–water partition coefficient (Wildman–Crippen LogP) is 3.79. The van der Waals surface area contributed by atoms with Crippen LogP contribution in [0, 0.1) is 0 Å². The van der Waals surface area contributed by atoms with E-state index in [-0.39, 0.29) is 5.54 Å². The highest BCUT2D eigenvalue weighted by Gasteiger charge is 2.13. The van der Waals surface area contributed by atoms with Crippen molar-refractivity contribution in [3.05, 3.63) is 55.1 Å². The van der Waals surface area contributed by atoms with Gasteiger partial charge in [0.05, 0.1) is 0 Å². The fourth-order valence-electron chi connectivity index (χ4n) is 1.37. The van der Waals surface area contributed by atoms with E-state index >= 15 is 0 Å². The van der Waals surface area contributed by atoms with Crippen molar-refractivity contribution in [3.63, 3.8) is 0 Å². The number of hydrogen-bond acceptors (Lipinski definition) is 1. The van der Waals surface area contributed by atoms with Crippen LogP contribution in [0.2, 0.25) is 0 Å². The number of allylic oxidation sites excluding steroid dienone is 1. The molecule has 0 aliphatic rings. The zero-order chi connectivity index (χ0) is 11.3. The van der Waals surface area contributed by atoms with Crippen LogP contribution in [0.1, 0.15) is 19.4 Å². The van der Waals surface area contributed by atoms with Crippen LogP contribution in [0.4, 0.5) is 5.69 Å². The molecule has 0 aromatic heterocycles. The van der Waals surface area contributed by atoms with Gasteiger partial charge < -0.3 is 5.32 Å². The van der Waals surface area contributed by atoms with E-state index in [1.807, 2.05) is 24.3 Å². The average molecular weight is 201 g/mol. The highest BCUT2D eigenvalue weighted by Crippen LogP contribution is 2.21. The molecule has 0 radical (unpaired) electrons. The van der Waals surface area contributed by atoms with E-state index < -0.39 is 0 Å². The molecule has 0 fully saturated rings. The van der Waals surface area contributed by atoms with Gasteiger partial charge >= 0.3 is 0 Å². The minimum Gasteiger partial charge on any atom is -0.376 e. The molecule has 0 aliphatic heterocycles. The van der Waals surface area contributed by atoms with Gasteiger partial charge in [0.2, 0.25) is 0 Å². The van der Waals surface area contributed by atoms with Crippen molar-refractivity contribution in [1.29, 1.82) is 0 Å². The Labute approximate surface area is 92.5 Å². The Morgan fingerprint density at radius 3 is 2.53 bits per heavy atom. The van der Waals surface area contributed by atoms with Crippen molar-refractivity contribution in [1.82, 2.24) is 0 Å². The van der Waals surface area contributed by atoms with Crippen molar-refractivity contribution in [2.24, 2.45) is 0 Å². The van der Waals surface area contributed by atoms with Gasteiger partial charge in [0.15, 0.2) is 0 Å². The molecular weight excluding hydrogens is 182 g/mol. The first-order valence-corrected chi connectivity index (χ1v) is 5.19. The van der Waals surface area contributed by atoms with E-state index in [4.69, 9.17) is 0 Å². The second kappa shape index (κ2) is 4.83. The molecule has 0 spiro atoms. The van der Waals surface area contributed by atoms with Crippen molar-refractivity contribution in [2.45, 2.75) is 25.8 Å². The Morgan fingerprint density at radius 2 is 1.93 bits per heavy atom. The van der Waals surface area contributed by atoms with Gasteiger partial charge in [-0.15, -0.1) is 13.2 Å². The molecule has 0 saturated carbocycles. The Hall–Kier alpha value is -1.50. The minimum atomic E-state index is -0.0860. The SMILES string of the molecule is C=CCc1ccccc1NC(C)(C)C=C. The van der Waals surface area contributed by atoms with Crippen LogP contribution in [0.25, 0.3) is 0 Å². The molecule has 1 aromatic rings. The Balaban J connectivity index is 2.93. The number of anilines is 1. The summed E-state index contributed by atoms with van der Waals surface area (Å²) in [7, 11) is 0. The van der Waals surface area contributed by atoms with Gasteiger partial charge in [-0.1, -0.05) is 30.4 Å². The maximum absolute atomic E-state index is 3.82. The van der Waals surface area contributed by atoms with Gasteiger partial charge in [-0.3, -0.25) is 0 Å². The molecule has 1 heteroatoms. The smallest absolute Gasteiger partial charge is 0.0497 e. The third-order valence-corrected chi connectivity index (χ3v) is 2.35. The maximum Gasteiger partial charge on any atom is 0.0497 e. The van der Waals surface area contributed by atoms with Crippen molar-refractivity contribution < 1.29 is 0 Å². The standard InChI is InChI=1S/C14H19N/c1-5-9-12-10-7-8-11-13(12)15-14(3,4)6-2/h5-8,10-11,15H,1-2,9H2,3-4H3. The van der Waals surface area contributed by atoms with Gasteiger partial charge in [0.25, 0.3) is 0 Å². The van der Waals surface area contributed by atoms with Gasteiger partial charge in [-0.2, -0.15) is 0 Å². The molecule has 0 amide bonds. The lowest BCUT2D eigenvalue weighted by Gasteiger charge is -2.25. The van der Waals surface area contributed by atoms with Crippen molar-refractivity contribution >= 4 is 5.69 Å². The van der Waals surface area contributed by atoms with Crippen LogP contribution in [-0.4, -0.2) is 5.54 Å². The van der Waals surface area contributed by atoms with E-state index in [2.05, 4.69) is 44.5 Å². The Morgan fingerprint density at radius 1 is 1.27 bits per heavy atom. The summed E-state index contributed by atoms with van der Waals surface area (Å²) in [6.45, 7) is 11.8. The summed E-state index contributed by atoms with van der Waals surface area (Å²) >= 11 is 0. The zero-order valence-corrected chi connectivity index (χ0v) is 9.59. The van der Waals surface area contributed by atoms with Crippen LogP contribution in [0.3, 0.4) is 0 Å². The summed E-state index contributed by atoms with van der Waals surface area (Å²) in [6.07, 6.45) is 4.72. The van der Waals surface area contributed by atoms with E-state index in [9.17, 15) is 0 Å². The third kappa shape index (κ3) is 3.28. The fraction of sp³-hybridized carbons (Fsp3) is 0.286. The van der Waals surface area contributed by atoms with E-state index in [0.29, 0.717) is 0 Å². The highest BCUT2D eigenvalue weighted by atomic mass is 15.0. The molecular formula is C14H19N. The molecule has 0 aliphatic carbocycles. The third-order valence-electron chi connectivity index (χ3n) is 2.35. The van der Waals surface area contributed by atoms with Crippen LogP contribution < -0.4 is 5.32 Å². The molecule has 15 heavy (non-hydrogen) atoms. The Kier molecular flexibility index (Phi) is 3.73. The lowest BCUT2D eigenvalue weighted by atomic mass is 10.0. The molecule has 1 aromatic carbocycles.